The molecule has 2 heterocycles. The minimum Gasteiger partial charge on any atom is -0.381 e. The number of hydrogen-bond donors (Lipinski definition) is 2. The largest absolute Gasteiger partial charge is 0.381 e. The lowest BCUT2D eigenvalue weighted by Gasteiger charge is -2.06. The summed E-state index contributed by atoms with van der Waals surface area (Å²) in [5.74, 6) is 0.870. The first kappa shape index (κ1) is 9.21. The van der Waals surface area contributed by atoms with Crippen molar-refractivity contribution in [3.63, 3.8) is 0 Å². The Morgan fingerprint density at radius 1 is 1.79 bits per heavy atom. The average molecular weight is 195 g/mol. The zero-order valence-electron chi connectivity index (χ0n) is 7.82. The van der Waals surface area contributed by atoms with Crippen molar-refractivity contribution in [1.29, 1.82) is 0 Å². The van der Waals surface area contributed by atoms with Crippen LogP contribution in [-0.2, 0) is 9.53 Å². The number of H-pyrrole nitrogens is 1. The Bertz CT molecular complexity index is 291. The predicted octanol–water partition coefficient (Wildman–Crippen LogP) is 0.775. The number of carbonyl (C=O) groups excluding carboxylic acids is 1. The van der Waals surface area contributed by atoms with Crippen molar-refractivity contribution in [2.45, 2.75) is 12.8 Å². The van der Waals surface area contributed by atoms with Crippen LogP contribution in [-0.4, -0.2) is 29.1 Å². The number of nitrogens with one attached hydrogen (secondary N) is 2. The minimum absolute atomic E-state index is 0.00421. The van der Waals surface area contributed by atoms with Crippen LogP contribution >= 0.6 is 0 Å². The molecular weight excluding hydrogens is 182 g/mol. The van der Waals surface area contributed by atoms with Crippen LogP contribution in [0.25, 0.3) is 0 Å². The van der Waals surface area contributed by atoms with Crippen molar-refractivity contribution in [3.05, 3.63) is 12.4 Å². The second-order valence-corrected chi connectivity index (χ2v) is 3.42. The van der Waals surface area contributed by atoms with Crippen molar-refractivity contribution >= 4 is 11.9 Å². The minimum atomic E-state index is -0.00421. The van der Waals surface area contributed by atoms with Gasteiger partial charge in [-0.25, -0.2) is 4.98 Å². The molecule has 1 aromatic rings. The first-order valence-corrected chi connectivity index (χ1v) is 4.71. The quantitative estimate of drug-likeness (QED) is 0.748. The second-order valence-electron chi connectivity index (χ2n) is 3.42. The van der Waals surface area contributed by atoms with E-state index in [1.165, 1.54) is 0 Å². The molecule has 1 amide bonds. The molecule has 1 aromatic heterocycles. The fourth-order valence-corrected chi connectivity index (χ4v) is 1.52. The molecule has 0 bridgehead atoms. The van der Waals surface area contributed by atoms with Crippen molar-refractivity contribution < 1.29 is 9.53 Å². The topological polar surface area (TPSA) is 67.0 Å². The predicted molar refractivity (Wildman–Crippen MR) is 50.8 cm³/mol. The monoisotopic (exact) mass is 195 g/mol. The first-order valence-electron chi connectivity index (χ1n) is 4.71. The highest BCUT2D eigenvalue weighted by atomic mass is 16.5. The highest BCUT2D eigenvalue weighted by Crippen LogP contribution is 2.16. The van der Waals surface area contributed by atoms with Gasteiger partial charge in [-0.3, -0.25) is 10.1 Å². The van der Waals surface area contributed by atoms with Gasteiger partial charge in [0, 0.05) is 32.0 Å². The number of ether oxygens (including phenoxy) is 1. The molecule has 1 saturated heterocycles. The lowest BCUT2D eigenvalue weighted by atomic mass is 10.1. The highest BCUT2D eigenvalue weighted by Gasteiger charge is 2.19. The number of aromatic amines is 1. The van der Waals surface area contributed by atoms with Gasteiger partial charge in [-0.2, -0.15) is 0 Å². The van der Waals surface area contributed by atoms with Crippen molar-refractivity contribution in [3.8, 4) is 0 Å². The molecule has 0 aromatic carbocycles. The van der Waals surface area contributed by atoms with Crippen LogP contribution in [0.4, 0.5) is 5.95 Å². The molecule has 0 radical (unpaired) electrons. The van der Waals surface area contributed by atoms with Crippen molar-refractivity contribution in [2.75, 3.05) is 18.5 Å². The van der Waals surface area contributed by atoms with Crippen LogP contribution in [0, 0.1) is 5.92 Å². The number of carbonyl (C=O) groups is 1. The number of nitrogens with zero attached hydrogens (tertiary/aromatic N) is 1. The fraction of sp³-hybridized carbons (Fsp3) is 0.556. The van der Waals surface area contributed by atoms with Crippen LogP contribution in [0.15, 0.2) is 12.4 Å². The van der Waals surface area contributed by atoms with Crippen LogP contribution in [0.2, 0.25) is 0 Å². The Balaban J connectivity index is 1.78. The van der Waals surface area contributed by atoms with Crippen molar-refractivity contribution in [2.24, 2.45) is 5.92 Å². The summed E-state index contributed by atoms with van der Waals surface area (Å²) in [6.07, 6.45) is 4.77. The van der Waals surface area contributed by atoms with E-state index in [-0.39, 0.29) is 5.91 Å². The number of anilines is 1. The number of imidazole rings is 1. The van der Waals surface area contributed by atoms with Crippen LogP contribution in [0.5, 0.6) is 0 Å². The maximum atomic E-state index is 11.4. The average Bonchev–Trinajstić information content (AvgIpc) is 2.76. The standard InChI is InChI=1S/C9H13N3O2/c13-8(5-7-1-4-14-6-7)12-9-10-2-3-11-9/h2-3,7H,1,4-6H2,(H2,10,11,12,13). The molecule has 2 rings (SSSR count). The summed E-state index contributed by atoms with van der Waals surface area (Å²) in [4.78, 5) is 18.2. The molecule has 1 atom stereocenters. The summed E-state index contributed by atoms with van der Waals surface area (Å²) in [5.41, 5.74) is 0. The molecule has 1 aliphatic rings. The van der Waals surface area contributed by atoms with E-state index >= 15 is 0 Å². The summed E-state index contributed by atoms with van der Waals surface area (Å²) in [7, 11) is 0. The lowest BCUT2D eigenvalue weighted by molar-refractivity contribution is -0.117. The molecule has 1 unspecified atom stereocenters. The first-order chi connectivity index (χ1) is 6.84. The third kappa shape index (κ3) is 2.32. The maximum Gasteiger partial charge on any atom is 0.227 e. The van der Waals surface area contributed by atoms with Gasteiger partial charge in [0.1, 0.15) is 0 Å². The van der Waals surface area contributed by atoms with Gasteiger partial charge in [0.15, 0.2) is 0 Å². The smallest absolute Gasteiger partial charge is 0.227 e. The van der Waals surface area contributed by atoms with Crippen molar-refractivity contribution in [1.82, 2.24) is 9.97 Å². The Kier molecular flexibility index (Phi) is 2.78. The van der Waals surface area contributed by atoms with E-state index in [1.807, 2.05) is 0 Å². The molecule has 0 aliphatic carbocycles. The molecule has 1 aliphatic heterocycles. The normalized spacial score (nSPS) is 21.0. The number of hydrogen-bond acceptors (Lipinski definition) is 3. The Morgan fingerprint density at radius 2 is 2.71 bits per heavy atom. The van der Waals surface area contributed by atoms with E-state index in [1.54, 1.807) is 12.4 Å². The molecule has 0 saturated carbocycles. The van der Waals surface area contributed by atoms with Gasteiger partial charge in [-0.15, -0.1) is 0 Å². The number of amides is 1. The van der Waals surface area contributed by atoms with Gasteiger partial charge in [0.05, 0.1) is 0 Å². The fourth-order valence-electron chi connectivity index (χ4n) is 1.52. The molecule has 1 fully saturated rings. The molecule has 2 N–H and O–H groups in total. The van der Waals surface area contributed by atoms with Gasteiger partial charge >= 0.3 is 0 Å². The summed E-state index contributed by atoms with van der Waals surface area (Å²) in [6, 6.07) is 0. The van der Waals surface area contributed by atoms with Gasteiger partial charge in [0.25, 0.3) is 0 Å². The molecule has 14 heavy (non-hydrogen) atoms. The maximum absolute atomic E-state index is 11.4. The van der Waals surface area contributed by atoms with Crippen LogP contribution in [0.1, 0.15) is 12.8 Å². The third-order valence-corrected chi connectivity index (χ3v) is 2.25. The summed E-state index contributed by atoms with van der Waals surface area (Å²) in [5, 5.41) is 2.69. The molecular formula is C9H13N3O2. The number of aromatic nitrogens is 2. The van der Waals surface area contributed by atoms with Crippen LogP contribution < -0.4 is 5.32 Å². The summed E-state index contributed by atoms with van der Waals surface area (Å²) in [6.45, 7) is 1.48. The van der Waals surface area contributed by atoms with E-state index < -0.39 is 0 Å². The van der Waals surface area contributed by atoms with E-state index in [0.29, 0.717) is 24.9 Å². The van der Waals surface area contributed by atoms with E-state index in [2.05, 4.69) is 15.3 Å². The Morgan fingerprint density at radius 3 is 3.36 bits per heavy atom. The third-order valence-electron chi connectivity index (χ3n) is 2.25. The zero-order chi connectivity index (χ0) is 9.80. The summed E-state index contributed by atoms with van der Waals surface area (Å²) < 4.78 is 5.19. The molecule has 5 heteroatoms. The highest BCUT2D eigenvalue weighted by molar-refractivity contribution is 5.89. The zero-order valence-corrected chi connectivity index (χ0v) is 7.82. The molecule has 5 nitrogen and oxygen atoms in total. The molecule has 0 spiro atoms. The van der Waals surface area contributed by atoms with Gasteiger partial charge in [-0.05, 0) is 12.3 Å². The Hall–Kier alpha value is -1.36. The second kappa shape index (κ2) is 4.23. The van der Waals surface area contributed by atoms with Gasteiger partial charge in [0.2, 0.25) is 11.9 Å². The van der Waals surface area contributed by atoms with E-state index in [9.17, 15) is 4.79 Å². The van der Waals surface area contributed by atoms with Gasteiger partial charge < -0.3 is 9.72 Å². The Labute approximate surface area is 81.9 Å². The summed E-state index contributed by atoms with van der Waals surface area (Å²) >= 11 is 0. The molecule has 76 valence electrons. The number of rotatable bonds is 3. The SMILES string of the molecule is O=C(CC1CCOC1)Nc1ncc[nH]1. The van der Waals surface area contributed by atoms with E-state index in [4.69, 9.17) is 4.74 Å². The van der Waals surface area contributed by atoms with Gasteiger partial charge in [-0.1, -0.05) is 0 Å². The lowest BCUT2D eigenvalue weighted by Crippen LogP contribution is -2.17. The van der Waals surface area contributed by atoms with Crippen LogP contribution in [0.3, 0.4) is 0 Å². The van der Waals surface area contributed by atoms with E-state index in [0.717, 1.165) is 13.0 Å².